The lowest BCUT2D eigenvalue weighted by Gasteiger charge is -2.13. The first-order chi connectivity index (χ1) is 10.0. The molecule has 114 valence electrons. The molecule has 1 aromatic heterocycles. The van der Waals surface area contributed by atoms with E-state index in [1.807, 2.05) is 26.0 Å². The number of sulfonamides is 1. The van der Waals surface area contributed by atoms with Gasteiger partial charge in [-0.15, -0.1) is 0 Å². The molecule has 2 N–H and O–H groups in total. The lowest BCUT2D eigenvalue weighted by Crippen LogP contribution is -2.31. The second-order valence-corrected chi connectivity index (χ2v) is 7.64. The van der Waals surface area contributed by atoms with Gasteiger partial charge < -0.3 is 4.98 Å². The van der Waals surface area contributed by atoms with Crippen LogP contribution in [-0.4, -0.2) is 19.4 Å². The summed E-state index contributed by atoms with van der Waals surface area (Å²) in [5.74, 6) is 0. The van der Waals surface area contributed by atoms with Crippen molar-refractivity contribution in [3.8, 4) is 0 Å². The third kappa shape index (κ3) is 2.72. The molecule has 3 rings (SSSR count). The first-order valence-electron chi connectivity index (χ1n) is 7.67. The van der Waals surface area contributed by atoms with Gasteiger partial charge in [0.2, 0.25) is 10.0 Å². The summed E-state index contributed by atoms with van der Waals surface area (Å²) in [5, 5.41) is 1.07. The topological polar surface area (TPSA) is 62.0 Å². The number of aryl methyl sites for hydroxylation is 2. The molecule has 0 fully saturated rings. The van der Waals surface area contributed by atoms with Gasteiger partial charge in [-0.25, -0.2) is 13.1 Å². The van der Waals surface area contributed by atoms with Gasteiger partial charge in [0.15, 0.2) is 0 Å². The molecular formula is C16H22N2O2S. The van der Waals surface area contributed by atoms with Crippen LogP contribution >= 0.6 is 0 Å². The maximum Gasteiger partial charge on any atom is 0.240 e. The smallest absolute Gasteiger partial charge is 0.240 e. The van der Waals surface area contributed by atoms with E-state index in [2.05, 4.69) is 9.71 Å². The van der Waals surface area contributed by atoms with Crippen molar-refractivity contribution >= 4 is 20.9 Å². The monoisotopic (exact) mass is 306 g/mol. The highest BCUT2D eigenvalue weighted by Gasteiger charge is 2.20. The minimum Gasteiger partial charge on any atom is -0.358 e. The number of benzene rings is 1. The van der Waals surface area contributed by atoms with E-state index in [-0.39, 0.29) is 6.04 Å². The van der Waals surface area contributed by atoms with Crippen LogP contribution in [0.25, 0.3) is 10.9 Å². The number of aromatic amines is 1. The van der Waals surface area contributed by atoms with Gasteiger partial charge in [-0.05, 0) is 62.8 Å². The third-order valence-electron chi connectivity index (χ3n) is 4.35. The number of rotatable bonds is 4. The maximum atomic E-state index is 12.4. The Balaban J connectivity index is 2.04. The molecule has 0 amide bonds. The minimum absolute atomic E-state index is 0.0502. The van der Waals surface area contributed by atoms with Crippen LogP contribution in [0.4, 0.5) is 0 Å². The van der Waals surface area contributed by atoms with Gasteiger partial charge in [0.05, 0.1) is 4.90 Å². The first-order valence-corrected chi connectivity index (χ1v) is 9.15. The average molecular weight is 306 g/mol. The highest BCUT2D eigenvalue weighted by Crippen LogP contribution is 2.30. The van der Waals surface area contributed by atoms with Crippen LogP contribution in [0, 0.1) is 0 Å². The molecule has 0 radical (unpaired) electrons. The van der Waals surface area contributed by atoms with Crippen LogP contribution in [0.5, 0.6) is 0 Å². The lowest BCUT2D eigenvalue weighted by molar-refractivity contribution is 0.556. The molecule has 4 nitrogen and oxygen atoms in total. The fourth-order valence-corrected chi connectivity index (χ4v) is 4.32. The van der Waals surface area contributed by atoms with E-state index < -0.39 is 10.0 Å². The van der Waals surface area contributed by atoms with Crippen LogP contribution in [-0.2, 0) is 22.9 Å². The van der Waals surface area contributed by atoms with E-state index in [1.54, 1.807) is 6.07 Å². The van der Waals surface area contributed by atoms with Crippen molar-refractivity contribution in [2.75, 3.05) is 0 Å². The summed E-state index contributed by atoms with van der Waals surface area (Å²) >= 11 is 0. The molecule has 21 heavy (non-hydrogen) atoms. The van der Waals surface area contributed by atoms with Crippen LogP contribution in [0.3, 0.4) is 0 Å². The lowest BCUT2D eigenvalue weighted by atomic mass is 9.96. The number of hydrogen-bond donors (Lipinski definition) is 2. The standard InChI is InChI=1S/C16H22N2O2S/c1-3-11(2)18-21(19,20)12-8-9-16-14(10-12)13-6-4-5-7-15(13)17-16/h8-11,17-18H,3-7H2,1-2H3/t11-/m0/s1. The molecule has 1 aromatic carbocycles. The Morgan fingerprint density at radius 2 is 2.05 bits per heavy atom. The number of aromatic nitrogens is 1. The zero-order valence-electron chi connectivity index (χ0n) is 12.6. The minimum atomic E-state index is -3.43. The molecule has 0 saturated heterocycles. The van der Waals surface area contributed by atoms with E-state index in [1.165, 1.54) is 24.1 Å². The first kappa shape index (κ1) is 14.6. The van der Waals surface area contributed by atoms with Crippen molar-refractivity contribution in [3.05, 3.63) is 29.5 Å². The Labute approximate surface area is 126 Å². The van der Waals surface area contributed by atoms with Crippen molar-refractivity contribution in [2.24, 2.45) is 0 Å². The normalized spacial score (nSPS) is 16.9. The van der Waals surface area contributed by atoms with Crippen molar-refractivity contribution in [1.82, 2.24) is 9.71 Å². The molecule has 1 atom stereocenters. The van der Waals surface area contributed by atoms with Crippen molar-refractivity contribution in [2.45, 2.75) is 56.9 Å². The predicted molar refractivity (Wildman–Crippen MR) is 85.0 cm³/mol. The van der Waals surface area contributed by atoms with Crippen LogP contribution in [0.2, 0.25) is 0 Å². The fraction of sp³-hybridized carbons (Fsp3) is 0.500. The van der Waals surface area contributed by atoms with Crippen molar-refractivity contribution in [3.63, 3.8) is 0 Å². The predicted octanol–water partition coefficient (Wildman–Crippen LogP) is 3.12. The summed E-state index contributed by atoms with van der Waals surface area (Å²) in [7, 11) is -3.43. The Kier molecular flexibility index (Phi) is 3.80. The highest BCUT2D eigenvalue weighted by molar-refractivity contribution is 7.89. The van der Waals surface area contributed by atoms with E-state index in [0.717, 1.165) is 30.2 Å². The van der Waals surface area contributed by atoms with Gasteiger partial charge in [-0.1, -0.05) is 6.92 Å². The number of hydrogen-bond acceptors (Lipinski definition) is 2. The Morgan fingerprint density at radius 3 is 2.81 bits per heavy atom. The largest absolute Gasteiger partial charge is 0.358 e. The number of H-pyrrole nitrogens is 1. The zero-order valence-corrected chi connectivity index (χ0v) is 13.4. The second-order valence-electron chi connectivity index (χ2n) is 5.93. The quantitative estimate of drug-likeness (QED) is 0.911. The van der Waals surface area contributed by atoms with E-state index in [9.17, 15) is 8.42 Å². The fourth-order valence-electron chi connectivity index (χ4n) is 2.97. The maximum absolute atomic E-state index is 12.4. The summed E-state index contributed by atoms with van der Waals surface area (Å²) in [6.07, 6.45) is 5.28. The Hall–Kier alpha value is -1.33. The SMILES string of the molecule is CC[C@H](C)NS(=O)(=O)c1ccc2[nH]c3c(c2c1)CCCC3. The molecule has 2 aromatic rings. The van der Waals surface area contributed by atoms with Gasteiger partial charge in [0.1, 0.15) is 0 Å². The summed E-state index contributed by atoms with van der Waals surface area (Å²) in [5.41, 5.74) is 3.63. The molecule has 0 aliphatic heterocycles. The summed E-state index contributed by atoms with van der Waals surface area (Å²) in [4.78, 5) is 3.79. The highest BCUT2D eigenvalue weighted by atomic mass is 32.2. The van der Waals surface area contributed by atoms with Gasteiger partial charge in [-0.3, -0.25) is 0 Å². The van der Waals surface area contributed by atoms with E-state index in [4.69, 9.17) is 0 Å². The van der Waals surface area contributed by atoms with E-state index in [0.29, 0.717) is 4.90 Å². The average Bonchev–Trinajstić information content (AvgIpc) is 2.84. The van der Waals surface area contributed by atoms with Gasteiger partial charge in [0.25, 0.3) is 0 Å². The molecule has 0 spiro atoms. The molecule has 5 heteroatoms. The molecular weight excluding hydrogens is 284 g/mol. The number of nitrogens with one attached hydrogen (secondary N) is 2. The second kappa shape index (κ2) is 5.46. The summed E-state index contributed by atoms with van der Waals surface area (Å²) in [6, 6.07) is 5.35. The van der Waals surface area contributed by atoms with Crippen LogP contribution < -0.4 is 4.72 Å². The van der Waals surface area contributed by atoms with Crippen LogP contribution in [0.1, 0.15) is 44.4 Å². The molecule has 1 aliphatic rings. The summed E-state index contributed by atoms with van der Waals surface area (Å²) < 4.78 is 27.5. The third-order valence-corrected chi connectivity index (χ3v) is 5.94. The van der Waals surface area contributed by atoms with Gasteiger partial charge >= 0.3 is 0 Å². The van der Waals surface area contributed by atoms with Crippen molar-refractivity contribution < 1.29 is 8.42 Å². The molecule has 1 aliphatic carbocycles. The molecule has 0 unspecified atom stereocenters. The summed E-state index contributed by atoms with van der Waals surface area (Å²) in [6.45, 7) is 3.85. The zero-order chi connectivity index (χ0) is 15.0. The molecule has 0 saturated carbocycles. The Morgan fingerprint density at radius 1 is 1.29 bits per heavy atom. The number of fused-ring (bicyclic) bond motifs is 3. The van der Waals surface area contributed by atoms with Gasteiger partial charge in [0, 0.05) is 22.6 Å². The van der Waals surface area contributed by atoms with Crippen molar-refractivity contribution in [1.29, 1.82) is 0 Å². The molecule has 0 bridgehead atoms. The van der Waals surface area contributed by atoms with Gasteiger partial charge in [-0.2, -0.15) is 0 Å². The van der Waals surface area contributed by atoms with E-state index >= 15 is 0 Å². The Bertz CT molecular complexity index is 762. The van der Waals surface area contributed by atoms with Crippen LogP contribution in [0.15, 0.2) is 23.1 Å². The molecule has 1 heterocycles.